The van der Waals surface area contributed by atoms with Crippen LogP contribution in [-0.4, -0.2) is 11.7 Å². The fraction of sp³-hybridized carbons (Fsp3) is 0.267. The molecule has 2 aliphatic heterocycles. The Kier molecular flexibility index (Phi) is 13.0. The summed E-state index contributed by atoms with van der Waals surface area (Å²) < 4.78 is 1.17. The van der Waals surface area contributed by atoms with Gasteiger partial charge in [0.05, 0.1) is 10.2 Å². The van der Waals surface area contributed by atoms with Crippen LogP contribution in [0, 0.1) is 0 Å². The predicted octanol–water partition coefficient (Wildman–Crippen LogP) is 19.7. The topological polar surface area (TPSA) is 22.6 Å². The van der Waals surface area contributed by atoms with Crippen LogP contribution in [0.2, 0.25) is 0 Å². The maximum Gasteiger partial charge on any atom is 0.252 e. The average Bonchev–Trinajstić information content (AvgIpc) is 2.88. The molecule has 4 nitrogen and oxygen atoms in total. The van der Waals surface area contributed by atoms with E-state index in [1.54, 1.807) is 11.3 Å². The standard InChI is InChI=1S/C75H77BN4S/c1-71(2,3)51-32-30-49(31-33-51)48-26-28-50(29-27-48)70-77-63-46-62-65(47-68(63)81-70)80(60-41-53(73(7,8)9)40-54(42-60)74(10,11)12)67-44-55(75(13,14)15)43-66-69(67)76(62)61-39-38-59(78(56-22-18-16-19-23-56)57-24-20-17-21-25-57)45-64(61)79(66)58-36-34-52(35-37-58)72(4,5)6/h16-47H,1-15H3. The normalized spacial score (nSPS) is 13.5. The summed E-state index contributed by atoms with van der Waals surface area (Å²) in [7, 11) is 0. The van der Waals surface area contributed by atoms with Crippen LogP contribution in [0.25, 0.3) is 31.9 Å². The van der Waals surface area contributed by atoms with Gasteiger partial charge in [0.15, 0.2) is 0 Å². The lowest BCUT2D eigenvalue weighted by Gasteiger charge is -2.45. The summed E-state index contributed by atoms with van der Waals surface area (Å²) in [5, 5.41) is 1.02. The lowest BCUT2D eigenvalue weighted by atomic mass is 9.33. The molecule has 0 bridgehead atoms. The Morgan fingerprint density at radius 3 is 1.31 bits per heavy atom. The van der Waals surface area contributed by atoms with Gasteiger partial charge in [0.25, 0.3) is 6.71 Å². The first-order chi connectivity index (χ1) is 38.3. The van der Waals surface area contributed by atoms with Gasteiger partial charge < -0.3 is 14.7 Å². The molecule has 0 fully saturated rings. The van der Waals surface area contributed by atoms with Crippen molar-refractivity contribution in [3.05, 3.63) is 222 Å². The molecule has 6 heteroatoms. The van der Waals surface area contributed by atoms with Crippen LogP contribution in [-0.2, 0) is 27.1 Å². The first-order valence-electron chi connectivity index (χ1n) is 29.0. The highest BCUT2D eigenvalue weighted by atomic mass is 32.1. The molecule has 0 saturated heterocycles. The van der Waals surface area contributed by atoms with E-state index in [-0.39, 0.29) is 33.8 Å². The molecule has 9 aromatic carbocycles. The second-order valence-corrected chi connectivity index (χ2v) is 28.9. The van der Waals surface area contributed by atoms with Crippen molar-refractivity contribution in [2.45, 2.75) is 131 Å². The van der Waals surface area contributed by atoms with E-state index in [9.17, 15) is 0 Å². The number of nitrogens with zero attached hydrogens (tertiary/aromatic N) is 4. The minimum Gasteiger partial charge on any atom is -0.311 e. The Labute approximate surface area is 487 Å². The summed E-state index contributed by atoms with van der Waals surface area (Å²) in [4.78, 5) is 13.2. The van der Waals surface area contributed by atoms with E-state index in [1.165, 1.54) is 88.5 Å². The van der Waals surface area contributed by atoms with Crippen molar-refractivity contribution in [3.8, 4) is 21.7 Å². The summed E-state index contributed by atoms with van der Waals surface area (Å²) in [5.74, 6) is 0. The highest BCUT2D eigenvalue weighted by molar-refractivity contribution is 7.21. The average molecular weight is 1080 g/mol. The quantitative estimate of drug-likeness (QED) is 0.148. The number of anilines is 9. The van der Waals surface area contributed by atoms with Crippen molar-refractivity contribution in [1.29, 1.82) is 0 Å². The number of fused-ring (bicyclic) bond motifs is 5. The first kappa shape index (κ1) is 54.0. The van der Waals surface area contributed by atoms with Crippen molar-refractivity contribution in [2.75, 3.05) is 14.7 Å². The molecule has 81 heavy (non-hydrogen) atoms. The van der Waals surface area contributed by atoms with Crippen LogP contribution < -0.4 is 31.1 Å². The third-order valence-electron chi connectivity index (χ3n) is 16.8. The van der Waals surface area contributed by atoms with Gasteiger partial charge in [-0.15, -0.1) is 11.3 Å². The lowest BCUT2D eigenvalue weighted by Crippen LogP contribution is -2.61. The van der Waals surface area contributed by atoms with Crippen molar-refractivity contribution in [1.82, 2.24) is 4.98 Å². The minimum atomic E-state index is -0.180. The second-order valence-electron chi connectivity index (χ2n) is 27.9. The Morgan fingerprint density at radius 1 is 0.358 bits per heavy atom. The fourth-order valence-electron chi connectivity index (χ4n) is 11.9. The number of benzene rings is 9. The monoisotopic (exact) mass is 1080 g/mol. The molecule has 0 spiro atoms. The van der Waals surface area contributed by atoms with Gasteiger partial charge in [-0.1, -0.05) is 213 Å². The van der Waals surface area contributed by atoms with Gasteiger partial charge in [0.1, 0.15) is 5.01 Å². The van der Waals surface area contributed by atoms with E-state index in [1.807, 2.05) is 0 Å². The Morgan fingerprint density at radius 2 is 0.802 bits per heavy atom. The van der Waals surface area contributed by atoms with Gasteiger partial charge in [-0.2, -0.15) is 0 Å². The predicted molar refractivity (Wildman–Crippen MR) is 353 cm³/mol. The SMILES string of the molecule is CC(C)(C)c1ccc(-c2ccc(-c3nc4cc5c(cc4s3)N(c3cc(C(C)(C)C)cc(C(C)(C)C)c3)c3cc(C(C)(C)C)cc4c3B5c3ccc(N(c5ccccc5)c5ccccc5)cc3N4c3ccc(C(C)(C)C)cc3)cc2)cc1. The second kappa shape index (κ2) is 19.5. The maximum atomic E-state index is 5.57. The number of hydrogen-bond acceptors (Lipinski definition) is 5. The van der Waals surface area contributed by atoms with Crippen molar-refractivity contribution >= 4 is 95.8 Å². The molecule has 0 aliphatic carbocycles. The largest absolute Gasteiger partial charge is 0.311 e. The zero-order chi connectivity index (χ0) is 57.1. The van der Waals surface area contributed by atoms with Crippen LogP contribution in [0.1, 0.15) is 132 Å². The fourth-order valence-corrected chi connectivity index (χ4v) is 12.9. The van der Waals surface area contributed by atoms with E-state index in [2.05, 4.69) is 313 Å². The molecule has 0 N–H and O–H groups in total. The molecule has 0 amide bonds. The Balaban J connectivity index is 1.13. The van der Waals surface area contributed by atoms with Crippen molar-refractivity contribution < 1.29 is 0 Å². The number of hydrogen-bond donors (Lipinski definition) is 0. The number of rotatable bonds is 7. The molecule has 0 saturated carbocycles. The number of para-hydroxylation sites is 2. The molecule has 0 unspecified atom stereocenters. The van der Waals surface area contributed by atoms with E-state index in [0.29, 0.717) is 0 Å². The lowest BCUT2D eigenvalue weighted by molar-refractivity contribution is 0.568. The maximum absolute atomic E-state index is 5.57. The highest BCUT2D eigenvalue weighted by Gasteiger charge is 2.45. The third-order valence-corrected chi connectivity index (χ3v) is 17.9. The van der Waals surface area contributed by atoms with Crippen molar-refractivity contribution in [2.24, 2.45) is 0 Å². The number of thiazole rings is 1. The van der Waals surface area contributed by atoms with Crippen LogP contribution in [0.3, 0.4) is 0 Å². The smallest absolute Gasteiger partial charge is 0.252 e. The van der Waals surface area contributed by atoms with Crippen LogP contribution >= 0.6 is 11.3 Å². The van der Waals surface area contributed by atoms with E-state index in [4.69, 9.17) is 4.98 Å². The summed E-state index contributed by atoms with van der Waals surface area (Å²) in [6.07, 6.45) is 0. The van der Waals surface area contributed by atoms with Gasteiger partial charge in [0, 0.05) is 56.7 Å². The third kappa shape index (κ3) is 9.98. The van der Waals surface area contributed by atoms with Crippen LogP contribution in [0.15, 0.2) is 194 Å². The van der Waals surface area contributed by atoms with E-state index in [0.717, 1.165) is 38.8 Å². The highest BCUT2D eigenvalue weighted by Crippen LogP contribution is 2.50. The zero-order valence-corrected chi connectivity index (χ0v) is 51.1. The molecule has 3 heterocycles. The summed E-state index contributed by atoms with van der Waals surface area (Å²) >= 11 is 1.79. The zero-order valence-electron chi connectivity index (χ0n) is 50.2. The molecule has 10 aromatic rings. The first-order valence-corrected chi connectivity index (χ1v) is 29.9. The molecular formula is C75H77BN4S. The van der Waals surface area contributed by atoms with Gasteiger partial charge in [-0.3, -0.25) is 0 Å². The molecule has 12 rings (SSSR count). The van der Waals surface area contributed by atoms with E-state index >= 15 is 0 Å². The molecule has 1 aromatic heterocycles. The van der Waals surface area contributed by atoms with E-state index < -0.39 is 0 Å². The molecule has 2 aliphatic rings. The number of aromatic nitrogens is 1. The van der Waals surface area contributed by atoms with Crippen molar-refractivity contribution in [3.63, 3.8) is 0 Å². The van der Waals surface area contributed by atoms with Crippen LogP contribution in [0.5, 0.6) is 0 Å². The summed E-state index contributed by atoms with van der Waals surface area (Å²) in [6, 6.07) is 73.7. The molecular weight excluding hydrogens is 1000 g/mol. The molecule has 0 atom stereocenters. The van der Waals surface area contributed by atoms with Gasteiger partial charge >= 0.3 is 0 Å². The summed E-state index contributed by atoms with van der Waals surface area (Å²) in [6.45, 7) is 34.8. The Hall–Kier alpha value is -7.67. The molecule has 406 valence electrons. The minimum absolute atomic E-state index is 0.00520. The Bertz CT molecular complexity index is 3920. The summed E-state index contributed by atoms with van der Waals surface area (Å²) in [5.41, 5.74) is 25.1. The van der Waals surface area contributed by atoms with Crippen LogP contribution in [0.4, 0.5) is 51.2 Å². The molecule has 0 radical (unpaired) electrons. The van der Waals surface area contributed by atoms with Gasteiger partial charge in [0.2, 0.25) is 0 Å². The van der Waals surface area contributed by atoms with Gasteiger partial charge in [-0.05, 0) is 167 Å². The van der Waals surface area contributed by atoms with Gasteiger partial charge in [-0.25, -0.2) is 4.98 Å².